The number of sulfonamides is 1. The molecule has 0 fully saturated rings. The number of methoxy groups -OCH3 is 1. The second-order valence-electron chi connectivity index (χ2n) is 8.68. The van der Waals surface area contributed by atoms with Gasteiger partial charge in [0.1, 0.15) is 22.6 Å². The lowest BCUT2D eigenvalue weighted by atomic mass is 10.0. The molecule has 2 aromatic carbocycles. The van der Waals surface area contributed by atoms with Gasteiger partial charge in [-0.05, 0) is 55.7 Å². The van der Waals surface area contributed by atoms with Gasteiger partial charge in [0.25, 0.3) is 10.0 Å². The number of aryl methyl sites for hydroxylation is 1. The van der Waals surface area contributed by atoms with E-state index in [9.17, 15) is 17.6 Å². The maximum atomic E-state index is 14.5. The van der Waals surface area contributed by atoms with E-state index in [0.717, 1.165) is 0 Å². The van der Waals surface area contributed by atoms with Crippen LogP contribution in [0.1, 0.15) is 37.8 Å². The van der Waals surface area contributed by atoms with Gasteiger partial charge in [0.2, 0.25) is 0 Å². The molecule has 2 heterocycles. The molecule has 0 aliphatic carbocycles. The summed E-state index contributed by atoms with van der Waals surface area (Å²) < 4.78 is 55.6. The Morgan fingerprint density at radius 1 is 1.29 bits per heavy atom. The molecular formula is C26H26Cl2FN3O5S. The van der Waals surface area contributed by atoms with Crippen LogP contribution in [0.25, 0.3) is 11.6 Å². The Morgan fingerprint density at radius 2 is 2.05 bits per heavy atom. The van der Waals surface area contributed by atoms with Crippen molar-refractivity contribution >= 4 is 56.5 Å². The molecule has 1 atom stereocenters. The highest BCUT2D eigenvalue weighted by Gasteiger charge is 2.37. The van der Waals surface area contributed by atoms with Crippen LogP contribution < -0.4 is 9.04 Å². The first-order valence-electron chi connectivity index (χ1n) is 11.8. The average molecular weight is 582 g/mol. The zero-order chi connectivity index (χ0) is 27.6. The van der Waals surface area contributed by atoms with Gasteiger partial charge in [0, 0.05) is 24.7 Å². The number of carbonyl (C=O) groups is 1. The smallest absolute Gasteiger partial charge is 0.305 e. The third-order valence-electron chi connectivity index (χ3n) is 6.13. The number of benzene rings is 2. The van der Waals surface area contributed by atoms with Crippen LogP contribution in [0.15, 0.2) is 47.5 Å². The molecule has 0 saturated heterocycles. The first kappa shape index (κ1) is 27.9. The van der Waals surface area contributed by atoms with Gasteiger partial charge in [-0.3, -0.25) is 13.8 Å². The van der Waals surface area contributed by atoms with E-state index < -0.39 is 27.9 Å². The van der Waals surface area contributed by atoms with E-state index in [1.165, 1.54) is 34.4 Å². The Labute approximate surface area is 230 Å². The first-order chi connectivity index (χ1) is 18.0. The predicted molar refractivity (Wildman–Crippen MR) is 145 cm³/mol. The van der Waals surface area contributed by atoms with E-state index in [0.29, 0.717) is 23.4 Å². The fourth-order valence-corrected chi connectivity index (χ4v) is 6.47. The Morgan fingerprint density at radius 3 is 2.71 bits per heavy atom. The lowest BCUT2D eigenvalue weighted by molar-refractivity contribution is -0.141. The maximum absolute atomic E-state index is 14.5. The SMILES string of the molecule is CCn1cc(S(=O)(=O)N2C[C@H](CCC(=O)OC)Oc3ccc(/C=C(\C)c4c(F)cccc4Cl)cc32)c(Cl)n1. The largest absolute Gasteiger partial charge is 0.486 e. The molecule has 0 N–H and O–H groups in total. The third kappa shape index (κ3) is 5.67. The standard InChI is InChI=1S/C26H26Cl2FN3O5S/c1-4-31-15-23(26(28)30-31)38(34,35)32-14-18(9-11-24(33)36-3)37-22-10-8-17(13-21(22)32)12-16(2)25-19(27)6-5-7-20(25)29/h5-8,10,12-13,15,18H,4,9,11,14H2,1-3H3/b16-12+/t18-/m0/s1. The van der Waals surface area contributed by atoms with Crippen LogP contribution in [0.4, 0.5) is 10.1 Å². The van der Waals surface area contributed by atoms with Crippen molar-refractivity contribution in [2.45, 2.75) is 44.2 Å². The number of allylic oxidation sites excluding steroid dienone is 1. The normalized spacial score (nSPS) is 15.7. The van der Waals surface area contributed by atoms with Crippen molar-refractivity contribution in [3.8, 4) is 5.75 Å². The van der Waals surface area contributed by atoms with Crippen LogP contribution in [-0.2, 0) is 26.1 Å². The van der Waals surface area contributed by atoms with Crippen LogP contribution in [0.2, 0.25) is 10.2 Å². The Bertz CT molecular complexity index is 1490. The molecule has 1 aliphatic rings. The number of hydrogen-bond acceptors (Lipinski definition) is 6. The molecule has 12 heteroatoms. The number of fused-ring (bicyclic) bond motifs is 1. The molecule has 8 nitrogen and oxygen atoms in total. The minimum Gasteiger partial charge on any atom is -0.486 e. The second-order valence-corrected chi connectivity index (χ2v) is 11.3. The summed E-state index contributed by atoms with van der Waals surface area (Å²) in [5.74, 6) is -0.580. The van der Waals surface area contributed by atoms with Gasteiger partial charge < -0.3 is 9.47 Å². The van der Waals surface area contributed by atoms with Gasteiger partial charge in [-0.25, -0.2) is 12.8 Å². The molecule has 1 aromatic heterocycles. The molecule has 0 unspecified atom stereocenters. The van der Waals surface area contributed by atoms with E-state index in [1.54, 1.807) is 37.3 Å². The van der Waals surface area contributed by atoms with E-state index in [2.05, 4.69) is 5.10 Å². The number of carbonyl (C=O) groups excluding carboxylic acids is 1. The zero-order valence-corrected chi connectivity index (χ0v) is 23.3. The molecule has 0 saturated carbocycles. The van der Waals surface area contributed by atoms with Gasteiger partial charge in [-0.2, -0.15) is 5.10 Å². The van der Waals surface area contributed by atoms with Crippen LogP contribution in [0.5, 0.6) is 5.75 Å². The number of rotatable bonds is 8. The first-order valence-corrected chi connectivity index (χ1v) is 14.0. The average Bonchev–Trinajstić information content (AvgIpc) is 3.28. The van der Waals surface area contributed by atoms with Gasteiger partial charge in [-0.15, -0.1) is 0 Å². The molecular weight excluding hydrogens is 556 g/mol. The highest BCUT2D eigenvalue weighted by atomic mass is 35.5. The van der Waals surface area contributed by atoms with Gasteiger partial charge in [-0.1, -0.05) is 41.4 Å². The summed E-state index contributed by atoms with van der Waals surface area (Å²) in [7, 11) is -2.88. The summed E-state index contributed by atoms with van der Waals surface area (Å²) in [6.07, 6.45) is 2.77. The minimum atomic E-state index is -4.16. The molecule has 1 aliphatic heterocycles. The minimum absolute atomic E-state index is 0.0579. The number of ether oxygens (including phenoxy) is 2. The van der Waals surface area contributed by atoms with E-state index >= 15 is 0 Å². The second kappa shape index (κ2) is 11.3. The lowest BCUT2D eigenvalue weighted by Crippen LogP contribution is -2.43. The highest BCUT2D eigenvalue weighted by Crippen LogP contribution is 2.40. The number of esters is 1. The molecule has 202 valence electrons. The van der Waals surface area contributed by atoms with Crippen LogP contribution in [0.3, 0.4) is 0 Å². The number of aromatic nitrogens is 2. The fourth-order valence-electron chi connectivity index (χ4n) is 4.21. The van der Waals surface area contributed by atoms with Crippen molar-refractivity contribution in [1.29, 1.82) is 0 Å². The van der Waals surface area contributed by atoms with Crippen molar-refractivity contribution in [3.05, 3.63) is 69.7 Å². The summed E-state index contributed by atoms with van der Waals surface area (Å²) in [6, 6.07) is 9.45. The predicted octanol–water partition coefficient (Wildman–Crippen LogP) is 5.82. The van der Waals surface area contributed by atoms with Crippen molar-refractivity contribution in [2.24, 2.45) is 0 Å². The van der Waals surface area contributed by atoms with Crippen molar-refractivity contribution in [3.63, 3.8) is 0 Å². The number of nitrogens with zero attached hydrogens (tertiary/aromatic N) is 3. The summed E-state index contributed by atoms with van der Waals surface area (Å²) >= 11 is 12.4. The lowest BCUT2D eigenvalue weighted by Gasteiger charge is -2.35. The van der Waals surface area contributed by atoms with Crippen molar-refractivity contribution < 1.29 is 27.1 Å². The third-order valence-corrected chi connectivity index (χ3v) is 8.62. The molecule has 38 heavy (non-hydrogen) atoms. The van der Waals surface area contributed by atoms with E-state index in [-0.39, 0.29) is 45.7 Å². The number of halogens is 3. The van der Waals surface area contributed by atoms with Crippen LogP contribution in [0, 0.1) is 5.82 Å². The molecule has 0 spiro atoms. The summed E-state index contributed by atoms with van der Waals surface area (Å²) in [4.78, 5) is 11.6. The molecule has 0 bridgehead atoms. The van der Waals surface area contributed by atoms with Crippen molar-refractivity contribution in [2.75, 3.05) is 18.0 Å². The van der Waals surface area contributed by atoms with Crippen LogP contribution >= 0.6 is 23.2 Å². The topological polar surface area (TPSA) is 90.7 Å². The maximum Gasteiger partial charge on any atom is 0.305 e. The Balaban J connectivity index is 1.78. The molecule has 4 rings (SSSR count). The van der Waals surface area contributed by atoms with Crippen molar-refractivity contribution in [1.82, 2.24) is 9.78 Å². The van der Waals surface area contributed by atoms with Gasteiger partial charge in [0.05, 0.1) is 24.4 Å². The summed E-state index contributed by atoms with van der Waals surface area (Å²) in [6.45, 7) is 3.90. The Hall–Kier alpha value is -3.08. The van der Waals surface area contributed by atoms with E-state index in [1.807, 2.05) is 6.92 Å². The zero-order valence-electron chi connectivity index (χ0n) is 20.9. The van der Waals surface area contributed by atoms with Gasteiger partial charge in [0.15, 0.2) is 5.15 Å². The number of anilines is 1. The Kier molecular flexibility index (Phi) is 8.34. The molecule has 0 radical (unpaired) electrons. The highest BCUT2D eigenvalue weighted by molar-refractivity contribution is 7.93. The number of hydrogen-bond donors (Lipinski definition) is 0. The molecule has 3 aromatic rings. The van der Waals surface area contributed by atoms with Crippen LogP contribution in [-0.4, -0.2) is 43.9 Å². The summed E-state index contributed by atoms with van der Waals surface area (Å²) in [5, 5.41) is 4.19. The summed E-state index contributed by atoms with van der Waals surface area (Å²) in [5.41, 5.74) is 1.70. The quantitative estimate of drug-likeness (QED) is 0.246. The fraction of sp³-hybridized carbons (Fsp3) is 0.308. The van der Waals surface area contributed by atoms with Gasteiger partial charge >= 0.3 is 5.97 Å². The molecule has 0 amide bonds. The monoisotopic (exact) mass is 581 g/mol. The van der Waals surface area contributed by atoms with E-state index in [4.69, 9.17) is 32.7 Å².